The maximum absolute atomic E-state index is 5.21. The molecular weight excluding hydrogens is 184 g/mol. The SMILES string of the molecule is CCCCCN.CCCNC1CCCC1. The van der Waals surface area contributed by atoms with Crippen LogP contribution < -0.4 is 11.1 Å². The molecule has 0 aromatic rings. The molecule has 0 unspecified atom stereocenters. The molecule has 15 heavy (non-hydrogen) atoms. The molecule has 1 aliphatic rings. The van der Waals surface area contributed by atoms with Crippen LogP contribution in [0.5, 0.6) is 0 Å². The minimum absolute atomic E-state index is 0.855. The van der Waals surface area contributed by atoms with Crippen LogP contribution in [0.1, 0.15) is 65.2 Å². The van der Waals surface area contributed by atoms with Crippen LogP contribution in [0.4, 0.5) is 0 Å². The van der Waals surface area contributed by atoms with E-state index in [1.54, 1.807) is 0 Å². The minimum atomic E-state index is 0.855. The Labute approximate surface area is 96.0 Å². The molecule has 0 spiro atoms. The van der Waals surface area contributed by atoms with Crippen LogP contribution >= 0.6 is 0 Å². The van der Waals surface area contributed by atoms with Gasteiger partial charge in [0.25, 0.3) is 0 Å². The van der Waals surface area contributed by atoms with E-state index in [9.17, 15) is 0 Å². The maximum atomic E-state index is 5.21. The van der Waals surface area contributed by atoms with Crippen molar-refractivity contribution in [3.8, 4) is 0 Å². The molecule has 1 aliphatic carbocycles. The van der Waals surface area contributed by atoms with Crippen LogP contribution in [0, 0.1) is 0 Å². The predicted octanol–water partition coefficient (Wildman–Crippen LogP) is 3.06. The van der Waals surface area contributed by atoms with Crippen molar-refractivity contribution in [2.24, 2.45) is 5.73 Å². The van der Waals surface area contributed by atoms with E-state index in [4.69, 9.17) is 5.73 Å². The number of nitrogens with one attached hydrogen (secondary N) is 1. The largest absolute Gasteiger partial charge is 0.330 e. The highest BCUT2D eigenvalue weighted by atomic mass is 14.9. The van der Waals surface area contributed by atoms with Crippen LogP contribution in [-0.4, -0.2) is 19.1 Å². The number of rotatable bonds is 6. The van der Waals surface area contributed by atoms with Crippen molar-refractivity contribution in [2.45, 2.75) is 71.3 Å². The van der Waals surface area contributed by atoms with E-state index in [0.29, 0.717) is 0 Å². The highest BCUT2D eigenvalue weighted by Gasteiger charge is 2.12. The van der Waals surface area contributed by atoms with E-state index >= 15 is 0 Å². The van der Waals surface area contributed by atoms with Crippen LogP contribution in [-0.2, 0) is 0 Å². The molecule has 92 valence electrons. The fourth-order valence-corrected chi connectivity index (χ4v) is 1.87. The maximum Gasteiger partial charge on any atom is 0.00670 e. The second-order valence-electron chi connectivity index (χ2n) is 4.43. The van der Waals surface area contributed by atoms with Gasteiger partial charge in [-0.1, -0.05) is 39.5 Å². The van der Waals surface area contributed by atoms with Gasteiger partial charge in [0.05, 0.1) is 0 Å². The van der Waals surface area contributed by atoms with Gasteiger partial charge < -0.3 is 11.1 Å². The van der Waals surface area contributed by atoms with E-state index in [0.717, 1.165) is 12.6 Å². The number of hydrogen-bond donors (Lipinski definition) is 2. The molecule has 0 aromatic carbocycles. The summed E-state index contributed by atoms with van der Waals surface area (Å²) in [6.07, 6.45) is 10.8. The summed E-state index contributed by atoms with van der Waals surface area (Å²) in [5.41, 5.74) is 5.21. The van der Waals surface area contributed by atoms with Crippen LogP contribution in [0.2, 0.25) is 0 Å². The molecule has 0 amide bonds. The Kier molecular flexibility index (Phi) is 11.9. The van der Waals surface area contributed by atoms with Crippen LogP contribution in [0.15, 0.2) is 0 Å². The second kappa shape index (κ2) is 12.0. The van der Waals surface area contributed by atoms with Crippen molar-refractivity contribution < 1.29 is 0 Å². The van der Waals surface area contributed by atoms with Crippen molar-refractivity contribution in [2.75, 3.05) is 13.1 Å². The third-order valence-corrected chi connectivity index (χ3v) is 2.85. The minimum Gasteiger partial charge on any atom is -0.330 e. The molecule has 1 fully saturated rings. The monoisotopic (exact) mass is 214 g/mol. The van der Waals surface area contributed by atoms with Crippen LogP contribution in [0.25, 0.3) is 0 Å². The Balaban J connectivity index is 0.000000288. The van der Waals surface area contributed by atoms with Gasteiger partial charge in [-0.15, -0.1) is 0 Å². The third-order valence-electron chi connectivity index (χ3n) is 2.85. The molecule has 1 rings (SSSR count). The summed E-state index contributed by atoms with van der Waals surface area (Å²) >= 11 is 0. The summed E-state index contributed by atoms with van der Waals surface area (Å²) in [5, 5.41) is 3.53. The van der Waals surface area contributed by atoms with Gasteiger partial charge in [0, 0.05) is 6.04 Å². The van der Waals surface area contributed by atoms with Gasteiger partial charge in [-0.2, -0.15) is 0 Å². The van der Waals surface area contributed by atoms with Gasteiger partial charge in [-0.05, 0) is 38.8 Å². The highest BCUT2D eigenvalue weighted by Crippen LogP contribution is 2.17. The third kappa shape index (κ3) is 10.2. The highest BCUT2D eigenvalue weighted by molar-refractivity contribution is 4.72. The van der Waals surface area contributed by atoms with E-state index < -0.39 is 0 Å². The fourth-order valence-electron chi connectivity index (χ4n) is 1.87. The molecule has 0 radical (unpaired) electrons. The average Bonchev–Trinajstić information content (AvgIpc) is 2.77. The lowest BCUT2D eigenvalue weighted by atomic mass is 10.2. The first-order chi connectivity index (χ1) is 7.35. The number of unbranched alkanes of at least 4 members (excludes halogenated alkanes) is 2. The molecule has 3 N–H and O–H groups in total. The molecule has 0 saturated heterocycles. The molecule has 0 atom stereocenters. The van der Waals surface area contributed by atoms with Gasteiger partial charge >= 0.3 is 0 Å². The zero-order valence-electron chi connectivity index (χ0n) is 10.7. The Morgan fingerprint density at radius 3 is 2.13 bits per heavy atom. The van der Waals surface area contributed by atoms with Crippen molar-refractivity contribution >= 4 is 0 Å². The molecule has 2 heteroatoms. The summed E-state index contributed by atoms with van der Waals surface area (Å²) in [7, 11) is 0. The van der Waals surface area contributed by atoms with Gasteiger partial charge in [-0.25, -0.2) is 0 Å². The van der Waals surface area contributed by atoms with Crippen molar-refractivity contribution in [3.05, 3.63) is 0 Å². The number of hydrogen-bond acceptors (Lipinski definition) is 2. The molecule has 0 bridgehead atoms. The van der Waals surface area contributed by atoms with Crippen molar-refractivity contribution in [1.82, 2.24) is 5.32 Å². The molecule has 2 nitrogen and oxygen atoms in total. The van der Waals surface area contributed by atoms with Gasteiger partial charge in [0.2, 0.25) is 0 Å². The zero-order valence-corrected chi connectivity index (χ0v) is 10.7. The topological polar surface area (TPSA) is 38.0 Å². The quantitative estimate of drug-likeness (QED) is 0.667. The average molecular weight is 214 g/mol. The van der Waals surface area contributed by atoms with E-state index in [1.807, 2.05) is 0 Å². The summed E-state index contributed by atoms with van der Waals surface area (Å²) < 4.78 is 0. The standard InChI is InChI=1S/C8H17N.C5H13N/c1-2-7-9-8-5-3-4-6-8;1-2-3-4-5-6/h8-9H,2-7H2,1H3;2-6H2,1H3. The first-order valence-electron chi connectivity index (χ1n) is 6.78. The molecular formula is C13H30N2. The normalized spacial score (nSPS) is 16.2. The first-order valence-corrected chi connectivity index (χ1v) is 6.78. The van der Waals surface area contributed by atoms with Gasteiger partial charge in [-0.3, -0.25) is 0 Å². The Hall–Kier alpha value is -0.0800. The van der Waals surface area contributed by atoms with Crippen molar-refractivity contribution in [1.29, 1.82) is 0 Å². The fraction of sp³-hybridized carbons (Fsp3) is 1.00. The van der Waals surface area contributed by atoms with Gasteiger partial charge in [0.1, 0.15) is 0 Å². The lowest BCUT2D eigenvalue weighted by Crippen LogP contribution is -2.26. The second-order valence-corrected chi connectivity index (χ2v) is 4.43. The predicted molar refractivity (Wildman–Crippen MR) is 69.1 cm³/mol. The Bertz CT molecular complexity index is 105. The first kappa shape index (κ1) is 14.9. The summed E-state index contributed by atoms with van der Waals surface area (Å²) in [6, 6.07) is 0.866. The molecule has 0 aromatic heterocycles. The lowest BCUT2D eigenvalue weighted by Gasteiger charge is -2.09. The van der Waals surface area contributed by atoms with Gasteiger partial charge in [0.15, 0.2) is 0 Å². The van der Waals surface area contributed by atoms with E-state index in [1.165, 1.54) is 57.9 Å². The lowest BCUT2D eigenvalue weighted by molar-refractivity contribution is 0.523. The summed E-state index contributed by atoms with van der Waals surface area (Å²) in [6.45, 7) is 6.47. The summed E-state index contributed by atoms with van der Waals surface area (Å²) in [4.78, 5) is 0. The molecule has 0 heterocycles. The molecule has 0 aliphatic heterocycles. The zero-order chi connectivity index (χ0) is 11.4. The van der Waals surface area contributed by atoms with E-state index in [-0.39, 0.29) is 0 Å². The summed E-state index contributed by atoms with van der Waals surface area (Å²) in [5.74, 6) is 0. The molecule has 1 saturated carbocycles. The Morgan fingerprint density at radius 2 is 1.73 bits per heavy atom. The smallest absolute Gasteiger partial charge is 0.00670 e. The Morgan fingerprint density at radius 1 is 1.07 bits per heavy atom. The number of nitrogens with two attached hydrogens (primary N) is 1. The van der Waals surface area contributed by atoms with E-state index in [2.05, 4.69) is 19.2 Å². The van der Waals surface area contributed by atoms with Crippen LogP contribution in [0.3, 0.4) is 0 Å². The van der Waals surface area contributed by atoms with Crippen molar-refractivity contribution in [3.63, 3.8) is 0 Å².